The Morgan fingerprint density at radius 3 is 0.667 bits per heavy atom. The fraction of sp³-hybridized carbons (Fsp3) is 0. The van der Waals surface area contributed by atoms with Crippen LogP contribution in [0.4, 0.5) is 0 Å². The molecule has 0 unspecified atom stereocenters. The summed E-state index contributed by atoms with van der Waals surface area (Å²) in [5.41, 5.74) is 0. The zero-order chi connectivity index (χ0) is 9.00. The molecule has 0 aromatic rings. The first kappa shape index (κ1) is 24.2. The van der Waals surface area contributed by atoms with Crippen LogP contribution in [0.2, 0.25) is 0 Å². The Hall–Kier alpha value is 2.91. The molecule has 66 valence electrons. The third-order valence-electron chi connectivity index (χ3n) is 0. The zero-order valence-electron chi connectivity index (χ0n) is 5.60. The molecule has 0 atom stereocenters. The quantitative estimate of drug-likeness (QED) is 0.352. The van der Waals surface area contributed by atoms with E-state index in [1.54, 1.807) is 0 Å². The fourth-order valence-electron chi connectivity index (χ4n) is 0. The van der Waals surface area contributed by atoms with Crippen molar-refractivity contribution in [3.63, 3.8) is 0 Å². The van der Waals surface area contributed by atoms with Crippen molar-refractivity contribution in [3.8, 4) is 0 Å². The molecule has 0 aliphatic rings. The molecule has 0 bridgehead atoms. The van der Waals surface area contributed by atoms with Crippen LogP contribution in [-0.4, -0.2) is 0 Å². The summed E-state index contributed by atoms with van der Waals surface area (Å²) in [6.45, 7) is 0. The van der Waals surface area contributed by atoms with E-state index in [2.05, 4.69) is 0 Å². The molecule has 0 aliphatic carbocycles. The van der Waals surface area contributed by atoms with Gasteiger partial charge in [0.05, 0.1) is 0 Å². The molecule has 12 heavy (non-hydrogen) atoms. The average molecular weight is 416 g/mol. The molecule has 0 saturated carbocycles. The number of hydrogen-bond acceptors (Lipinski definition) is 8. The summed E-state index contributed by atoms with van der Waals surface area (Å²) in [5, 5.41) is 0. The van der Waals surface area contributed by atoms with Crippen molar-refractivity contribution in [2.75, 3.05) is 0 Å². The molecule has 0 saturated heterocycles. The van der Waals surface area contributed by atoms with Gasteiger partial charge in [-0.3, -0.25) is 0 Å². The van der Waals surface area contributed by atoms with Gasteiger partial charge < -0.3 is 0 Å². The summed E-state index contributed by atoms with van der Waals surface area (Å²) in [6.07, 6.45) is 0. The van der Waals surface area contributed by atoms with Crippen molar-refractivity contribution in [1.29, 1.82) is 0 Å². The SMILES string of the molecule is [K+].[La+3].[O]=[Mn](=[O])([O-])[O-].[O]=[Mn](=[O])([O-])[O-]. The van der Waals surface area contributed by atoms with Crippen LogP contribution in [-0.2, 0) is 42.1 Å². The Morgan fingerprint density at radius 1 is 0.667 bits per heavy atom. The van der Waals surface area contributed by atoms with Gasteiger partial charge in [-0.05, 0) is 0 Å². The minimum absolute atomic E-state index is 0. The summed E-state index contributed by atoms with van der Waals surface area (Å²) in [7, 11) is 0. The van der Waals surface area contributed by atoms with Crippen LogP contribution in [0.1, 0.15) is 0 Å². The maximum absolute atomic E-state index is 8.58. The Labute approximate surface area is 142 Å². The summed E-state index contributed by atoms with van der Waals surface area (Å²) in [6, 6.07) is 0. The van der Waals surface area contributed by atoms with E-state index < -0.39 is 26.7 Å². The van der Waals surface area contributed by atoms with Gasteiger partial charge in [0.15, 0.2) is 0 Å². The maximum atomic E-state index is 8.58. The van der Waals surface area contributed by atoms with Crippen LogP contribution in [0.15, 0.2) is 0 Å². The molecular formula is KLaMn2O8. The van der Waals surface area contributed by atoms with Gasteiger partial charge in [-0.25, -0.2) is 0 Å². The molecular weight excluding hydrogens is 416 g/mol. The molecule has 0 aromatic carbocycles. The van der Waals surface area contributed by atoms with Gasteiger partial charge in [0.2, 0.25) is 0 Å². The van der Waals surface area contributed by atoms with Gasteiger partial charge in [-0.1, -0.05) is 0 Å². The van der Waals surface area contributed by atoms with E-state index in [0.29, 0.717) is 0 Å². The molecule has 12 heteroatoms. The molecule has 0 radical (unpaired) electrons. The number of rotatable bonds is 0. The third kappa shape index (κ3) is 216. The average Bonchev–Trinajstić information content (AvgIpc) is 1.12. The summed E-state index contributed by atoms with van der Waals surface area (Å²) in [4.78, 5) is 0. The van der Waals surface area contributed by atoms with Crippen molar-refractivity contribution >= 4 is 0 Å². The Kier molecular flexibility index (Phi) is 21.1. The van der Waals surface area contributed by atoms with Gasteiger partial charge in [-0.15, -0.1) is 0 Å². The second-order valence-electron chi connectivity index (χ2n) is 0.756. The van der Waals surface area contributed by atoms with E-state index in [1.165, 1.54) is 0 Å². The van der Waals surface area contributed by atoms with Crippen LogP contribution in [0, 0.1) is 35.6 Å². The first-order valence-corrected chi connectivity index (χ1v) is 5.09. The van der Waals surface area contributed by atoms with Crippen molar-refractivity contribution in [1.82, 2.24) is 0 Å². The third-order valence-corrected chi connectivity index (χ3v) is 0. The van der Waals surface area contributed by atoms with Crippen molar-refractivity contribution in [2.24, 2.45) is 0 Å². The Bertz CT molecular complexity index is 213. The molecule has 0 aliphatic heterocycles. The van der Waals surface area contributed by atoms with Gasteiger partial charge in [-0.2, -0.15) is 0 Å². The van der Waals surface area contributed by atoms with Gasteiger partial charge in [0, 0.05) is 0 Å². The first-order valence-electron chi connectivity index (χ1n) is 1.23. The monoisotopic (exact) mass is 416 g/mol. The van der Waals surface area contributed by atoms with Crippen molar-refractivity contribution < 1.29 is 146 Å². The predicted octanol–water partition coefficient (Wildman–Crippen LogP) is -8.23. The van der Waals surface area contributed by atoms with E-state index in [-0.39, 0.29) is 87.0 Å². The topological polar surface area (TPSA) is 161 Å². The van der Waals surface area contributed by atoms with Crippen LogP contribution in [0.5, 0.6) is 0 Å². The first-order chi connectivity index (χ1) is 4.00. The molecule has 0 fully saturated rings. The molecule has 0 N–H and O–H groups in total. The molecule has 0 spiro atoms. The zero-order valence-corrected chi connectivity index (χ0v) is 14.7. The predicted molar refractivity (Wildman–Crippen MR) is 2.75 cm³/mol. The van der Waals surface area contributed by atoms with E-state index in [9.17, 15) is 0 Å². The van der Waals surface area contributed by atoms with Crippen LogP contribution < -0.4 is 68.1 Å². The van der Waals surface area contributed by atoms with Gasteiger partial charge in [0.1, 0.15) is 0 Å². The standard InChI is InChI=1S/K.La.2Mn.8O/q+1;+3;;;;;;;4*-1. The summed E-state index contributed by atoms with van der Waals surface area (Å²) < 4.78 is 68.6. The number of hydrogen-bond donors (Lipinski definition) is 0. The van der Waals surface area contributed by atoms with E-state index in [1.807, 2.05) is 0 Å². The Balaban J connectivity index is -0.0000000457. The summed E-state index contributed by atoms with van der Waals surface area (Å²) >= 11 is -11.2. The van der Waals surface area contributed by atoms with E-state index in [4.69, 9.17) is 32.1 Å². The molecule has 0 aromatic heterocycles. The second-order valence-corrected chi connectivity index (χ2v) is 3.12. The van der Waals surface area contributed by atoms with Crippen molar-refractivity contribution in [2.45, 2.75) is 0 Å². The van der Waals surface area contributed by atoms with Crippen LogP contribution in [0.3, 0.4) is 0 Å². The van der Waals surface area contributed by atoms with Crippen LogP contribution in [0.25, 0.3) is 0 Å². The van der Waals surface area contributed by atoms with Crippen LogP contribution >= 0.6 is 0 Å². The minimum atomic E-state index is -5.62. The molecule has 0 rings (SSSR count). The molecule has 0 heterocycles. The van der Waals surface area contributed by atoms with Gasteiger partial charge in [0.25, 0.3) is 0 Å². The fourth-order valence-corrected chi connectivity index (χ4v) is 0. The van der Waals surface area contributed by atoms with E-state index in [0.717, 1.165) is 0 Å². The normalized spacial score (nSPS) is 9.67. The van der Waals surface area contributed by atoms with Gasteiger partial charge >= 0.3 is 146 Å². The van der Waals surface area contributed by atoms with Crippen molar-refractivity contribution in [3.05, 3.63) is 0 Å². The Morgan fingerprint density at radius 2 is 0.667 bits per heavy atom. The molecule has 0 amide bonds. The second kappa shape index (κ2) is 10.4. The summed E-state index contributed by atoms with van der Waals surface area (Å²) in [5.74, 6) is 0. The van der Waals surface area contributed by atoms with E-state index >= 15 is 0 Å². The molecule has 8 nitrogen and oxygen atoms in total.